The Bertz CT molecular complexity index is 822. The molecule has 20 heavy (non-hydrogen) atoms. The van der Waals surface area contributed by atoms with Gasteiger partial charge in [-0.25, -0.2) is 0 Å². The van der Waals surface area contributed by atoms with E-state index in [4.69, 9.17) is 4.42 Å². The molecule has 4 nitrogen and oxygen atoms in total. The molecule has 2 heterocycles. The van der Waals surface area contributed by atoms with Crippen LogP contribution >= 0.6 is 31.9 Å². The maximum Gasteiger partial charge on any atom is 0.270 e. The maximum atomic E-state index is 12.7. The van der Waals surface area contributed by atoms with E-state index >= 15 is 0 Å². The van der Waals surface area contributed by atoms with E-state index in [9.17, 15) is 4.79 Å². The van der Waals surface area contributed by atoms with Crippen molar-refractivity contribution in [2.75, 3.05) is 0 Å². The van der Waals surface area contributed by atoms with Crippen molar-refractivity contribution in [1.82, 2.24) is 9.55 Å². The van der Waals surface area contributed by atoms with Crippen molar-refractivity contribution in [3.05, 3.63) is 57.2 Å². The summed E-state index contributed by atoms with van der Waals surface area (Å²) in [5.41, 5.74) is 0.972. The lowest BCUT2D eigenvalue weighted by Crippen LogP contribution is -2.23. The van der Waals surface area contributed by atoms with Crippen LogP contribution in [0.15, 0.2) is 50.3 Å². The lowest BCUT2D eigenvalue weighted by atomic mass is 10.3. The molecule has 0 N–H and O–H groups in total. The summed E-state index contributed by atoms with van der Waals surface area (Å²) in [5.74, 6) is 0.607. The van der Waals surface area contributed by atoms with Gasteiger partial charge < -0.3 is 4.42 Å². The standard InChI is InChI=1S/C14H10Br2N2O2/c1-8(15)12-17-13-11(10(16)7-20-13)14(19)18(12)9-5-3-2-4-6-9/h2-8H,1H3. The largest absolute Gasteiger partial charge is 0.445 e. The lowest BCUT2D eigenvalue weighted by molar-refractivity contribution is 0.595. The highest BCUT2D eigenvalue weighted by Gasteiger charge is 2.19. The molecule has 0 aliphatic heterocycles. The quantitative estimate of drug-likeness (QED) is 0.609. The van der Waals surface area contributed by atoms with Gasteiger partial charge in [0.25, 0.3) is 5.56 Å². The second-order valence-corrected chi connectivity index (χ2v) is 6.55. The van der Waals surface area contributed by atoms with E-state index in [1.54, 1.807) is 4.57 Å². The highest BCUT2D eigenvalue weighted by molar-refractivity contribution is 9.10. The Labute approximate surface area is 131 Å². The van der Waals surface area contributed by atoms with Gasteiger partial charge in [-0.3, -0.25) is 9.36 Å². The molecule has 0 amide bonds. The summed E-state index contributed by atoms with van der Waals surface area (Å²) in [4.78, 5) is 17.1. The molecule has 2 aromatic heterocycles. The van der Waals surface area contributed by atoms with Crippen LogP contribution in [0, 0.1) is 0 Å². The van der Waals surface area contributed by atoms with E-state index in [1.807, 2.05) is 37.3 Å². The first-order valence-corrected chi connectivity index (χ1v) is 7.69. The fourth-order valence-electron chi connectivity index (χ4n) is 2.07. The van der Waals surface area contributed by atoms with Crippen LogP contribution in [0.1, 0.15) is 17.6 Å². The minimum Gasteiger partial charge on any atom is -0.445 e. The number of para-hydroxylation sites is 1. The summed E-state index contributed by atoms with van der Waals surface area (Å²) >= 11 is 6.81. The third kappa shape index (κ3) is 2.13. The van der Waals surface area contributed by atoms with Gasteiger partial charge in [0.05, 0.1) is 15.0 Å². The number of hydrogen-bond acceptors (Lipinski definition) is 3. The Balaban J connectivity index is 2.45. The topological polar surface area (TPSA) is 48.0 Å². The average molecular weight is 398 g/mol. The number of halogens is 2. The number of rotatable bonds is 2. The Morgan fingerprint density at radius 1 is 1.30 bits per heavy atom. The first-order valence-electron chi connectivity index (χ1n) is 5.98. The Hall–Kier alpha value is -1.40. The molecule has 0 bridgehead atoms. The van der Waals surface area contributed by atoms with Gasteiger partial charge in [-0.15, -0.1) is 0 Å². The van der Waals surface area contributed by atoms with E-state index in [2.05, 4.69) is 36.8 Å². The van der Waals surface area contributed by atoms with Crippen molar-refractivity contribution in [3.8, 4) is 5.69 Å². The predicted molar refractivity (Wildman–Crippen MR) is 84.6 cm³/mol. The Morgan fingerprint density at radius 2 is 2.00 bits per heavy atom. The van der Waals surface area contributed by atoms with Crippen molar-refractivity contribution in [1.29, 1.82) is 0 Å². The van der Waals surface area contributed by atoms with Crippen LogP contribution in [0.2, 0.25) is 0 Å². The normalized spacial score (nSPS) is 12.8. The second kappa shape index (κ2) is 5.18. The van der Waals surface area contributed by atoms with Crippen molar-refractivity contribution in [2.24, 2.45) is 0 Å². The molecule has 3 rings (SSSR count). The summed E-state index contributed by atoms with van der Waals surface area (Å²) in [6.07, 6.45) is 1.48. The van der Waals surface area contributed by atoms with Crippen LogP contribution in [-0.4, -0.2) is 9.55 Å². The molecule has 6 heteroatoms. The van der Waals surface area contributed by atoms with Crippen molar-refractivity contribution in [2.45, 2.75) is 11.8 Å². The van der Waals surface area contributed by atoms with E-state index in [0.717, 1.165) is 5.69 Å². The van der Waals surface area contributed by atoms with Crippen LogP contribution in [0.25, 0.3) is 16.8 Å². The van der Waals surface area contributed by atoms with Gasteiger partial charge >= 0.3 is 0 Å². The number of nitrogens with zero attached hydrogens (tertiary/aromatic N) is 2. The number of benzene rings is 1. The molecule has 3 aromatic rings. The Kier molecular flexibility index (Phi) is 3.52. The van der Waals surface area contributed by atoms with E-state index < -0.39 is 0 Å². The van der Waals surface area contributed by atoms with Crippen LogP contribution in [0.5, 0.6) is 0 Å². The molecule has 0 saturated carbocycles. The summed E-state index contributed by atoms with van der Waals surface area (Å²) in [7, 11) is 0. The van der Waals surface area contributed by atoms with Crippen LogP contribution < -0.4 is 5.56 Å². The maximum absolute atomic E-state index is 12.7. The zero-order chi connectivity index (χ0) is 14.3. The highest BCUT2D eigenvalue weighted by Crippen LogP contribution is 2.27. The van der Waals surface area contributed by atoms with Crippen molar-refractivity contribution < 1.29 is 4.42 Å². The van der Waals surface area contributed by atoms with E-state index in [1.165, 1.54) is 6.26 Å². The number of alkyl halides is 1. The third-order valence-electron chi connectivity index (χ3n) is 2.96. The predicted octanol–water partition coefficient (Wildman–Crippen LogP) is 4.20. The molecule has 0 aliphatic rings. The zero-order valence-corrected chi connectivity index (χ0v) is 13.7. The Morgan fingerprint density at radius 3 is 2.65 bits per heavy atom. The molecular formula is C14H10Br2N2O2. The van der Waals surface area contributed by atoms with Crippen LogP contribution in [0.4, 0.5) is 0 Å². The summed E-state index contributed by atoms with van der Waals surface area (Å²) in [5, 5.41) is 0.450. The molecule has 0 fully saturated rings. The van der Waals surface area contributed by atoms with Gasteiger partial charge in [-0.1, -0.05) is 34.1 Å². The zero-order valence-electron chi connectivity index (χ0n) is 10.5. The molecule has 1 atom stereocenters. The molecule has 102 valence electrons. The summed E-state index contributed by atoms with van der Waals surface area (Å²) in [6.45, 7) is 1.92. The first-order chi connectivity index (χ1) is 9.59. The fourth-order valence-corrected chi connectivity index (χ4v) is 2.81. The van der Waals surface area contributed by atoms with Crippen molar-refractivity contribution in [3.63, 3.8) is 0 Å². The highest BCUT2D eigenvalue weighted by atomic mass is 79.9. The number of aromatic nitrogens is 2. The number of hydrogen-bond donors (Lipinski definition) is 0. The van der Waals surface area contributed by atoms with Gasteiger partial charge in [0.1, 0.15) is 17.5 Å². The SMILES string of the molecule is CC(Br)c1nc2occ(Br)c2c(=O)n1-c1ccccc1. The molecule has 0 saturated heterocycles. The molecule has 1 unspecified atom stereocenters. The first kappa shape index (κ1) is 13.6. The molecule has 0 spiro atoms. The van der Waals surface area contributed by atoms with Crippen LogP contribution in [-0.2, 0) is 0 Å². The van der Waals surface area contributed by atoms with Gasteiger partial charge in [0.15, 0.2) is 0 Å². The van der Waals surface area contributed by atoms with Gasteiger partial charge in [0.2, 0.25) is 5.71 Å². The van der Waals surface area contributed by atoms with E-state index in [-0.39, 0.29) is 10.4 Å². The molecular weight excluding hydrogens is 388 g/mol. The van der Waals surface area contributed by atoms with Gasteiger partial charge in [0, 0.05) is 0 Å². The third-order valence-corrected chi connectivity index (χ3v) is 3.95. The average Bonchev–Trinajstić information content (AvgIpc) is 2.81. The van der Waals surface area contributed by atoms with E-state index in [0.29, 0.717) is 21.4 Å². The smallest absolute Gasteiger partial charge is 0.270 e. The minimum atomic E-state index is -0.150. The van der Waals surface area contributed by atoms with Crippen LogP contribution in [0.3, 0.4) is 0 Å². The molecule has 0 radical (unpaired) electrons. The number of fused-ring (bicyclic) bond motifs is 1. The fraction of sp³-hybridized carbons (Fsp3) is 0.143. The minimum absolute atomic E-state index is 0.0799. The molecule has 0 aliphatic carbocycles. The van der Waals surface area contributed by atoms with Gasteiger partial charge in [-0.2, -0.15) is 4.98 Å². The van der Waals surface area contributed by atoms with Crippen molar-refractivity contribution >= 4 is 43.0 Å². The number of furan rings is 1. The lowest BCUT2D eigenvalue weighted by Gasteiger charge is -2.13. The summed E-state index contributed by atoms with van der Waals surface area (Å²) in [6, 6.07) is 9.44. The molecule has 1 aromatic carbocycles. The van der Waals surface area contributed by atoms with Gasteiger partial charge in [-0.05, 0) is 35.0 Å². The second-order valence-electron chi connectivity index (χ2n) is 4.33. The summed E-state index contributed by atoms with van der Waals surface area (Å²) < 4.78 is 7.53. The monoisotopic (exact) mass is 396 g/mol.